The number of ketones is 1. The molecular weight excluding hydrogens is 374 g/mol. The van der Waals surface area contributed by atoms with Gasteiger partial charge in [-0.15, -0.1) is 0 Å². The highest BCUT2D eigenvalue weighted by Crippen LogP contribution is 2.34. The molecule has 0 aromatic heterocycles. The predicted octanol–water partition coefficient (Wildman–Crippen LogP) is 3.62. The number of nitrogens with zero attached hydrogens (tertiary/aromatic N) is 1. The van der Waals surface area contributed by atoms with Crippen molar-refractivity contribution in [1.29, 1.82) is 0 Å². The normalized spacial score (nSPS) is 16.5. The lowest BCUT2D eigenvalue weighted by Crippen LogP contribution is -2.34. The van der Waals surface area contributed by atoms with E-state index in [0.717, 1.165) is 11.1 Å². The third kappa shape index (κ3) is 3.71. The summed E-state index contributed by atoms with van der Waals surface area (Å²) in [4.78, 5) is 12.5. The largest absolute Gasteiger partial charge is 0.485 e. The number of aryl methyl sites for hydroxylation is 1. The summed E-state index contributed by atoms with van der Waals surface area (Å²) in [6.45, 7) is 3.63. The Bertz CT molecular complexity index is 971. The van der Waals surface area contributed by atoms with Gasteiger partial charge in [-0.25, -0.2) is 8.42 Å². The topological polar surface area (TPSA) is 63.7 Å². The average Bonchev–Trinajstić information content (AvgIpc) is 2.88. The van der Waals surface area contributed by atoms with Crippen LogP contribution >= 0.6 is 11.6 Å². The van der Waals surface area contributed by atoms with Gasteiger partial charge in [0, 0.05) is 16.6 Å². The summed E-state index contributed by atoms with van der Waals surface area (Å²) in [6.07, 6.45) is 1.78. The van der Waals surface area contributed by atoms with Gasteiger partial charge in [-0.1, -0.05) is 11.6 Å². The van der Waals surface area contributed by atoms with E-state index in [0.29, 0.717) is 28.4 Å². The molecule has 0 radical (unpaired) electrons. The highest BCUT2D eigenvalue weighted by Gasteiger charge is 2.32. The average molecular weight is 394 g/mol. The van der Waals surface area contributed by atoms with Crippen LogP contribution in [0.1, 0.15) is 28.4 Å². The molecule has 0 aliphatic carbocycles. The van der Waals surface area contributed by atoms with Crippen LogP contribution in [0.2, 0.25) is 5.02 Å². The fourth-order valence-electron chi connectivity index (χ4n) is 3.28. The second kappa shape index (κ2) is 6.93. The Labute approximate surface area is 158 Å². The summed E-state index contributed by atoms with van der Waals surface area (Å²) < 4.78 is 31.0. The number of hydrogen-bond donors (Lipinski definition) is 0. The lowest BCUT2D eigenvalue weighted by molar-refractivity contribution is 0.0921. The number of benzene rings is 2. The Morgan fingerprint density at radius 2 is 2.00 bits per heavy atom. The maximum Gasteiger partial charge on any atom is 0.232 e. The molecule has 1 aliphatic heterocycles. The van der Waals surface area contributed by atoms with Gasteiger partial charge in [-0.3, -0.25) is 9.10 Å². The van der Waals surface area contributed by atoms with Crippen molar-refractivity contribution in [2.75, 3.05) is 17.2 Å². The van der Waals surface area contributed by atoms with Crippen LogP contribution in [-0.4, -0.2) is 33.1 Å². The summed E-state index contributed by atoms with van der Waals surface area (Å²) in [5.41, 5.74) is 2.87. The highest BCUT2D eigenvalue weighted by molar-refractivity contribution is 7.92. The standard InChI is InChI=1S/C19H20ClNO4S/c1-12-8-16(20)5-7-19(12)25-11-18(22)14-4-6-17-15(10-14)9-13(2)21(17)26(3,23)24/h4-8,10,13H,9,11H2,1-3H3/t13-/m1/s1. The van der Waals surface area contributed by atoms with Crippen molar-refractivity contribution in [3.8, 4) is 5.75 Å². The van der Waals surface area contributed by atoms with E-state index in [-0.39, 0.29) is 18.4 Å². The first-order valence-electron chi connectivity index (χ1n) is 8.21. The molecule has 0 saturated carbocycles. The first-order chi connectivity index (χ1) is 12.2. The van der Waals surface area contributed by atoms with Gasteiger partial charge in [0.15, 0.2) is 12.4 Å². The number of halogens is 1. The number of sulfonamides is 1. The first-order valence-corrected chi connectivity index (χ1v) is 10.4. The number of ether oxygens (including phenoxy) is 1. The van der Waals surface area contributed by atoms with Gasteiger partial charge >= 0.3 is 0 Å². The predicted molar refractivity (Wildman–Crippen MR) is 103 cm³/mol. The summed E-state index contributed by atoms with van der Waals surface area (Å²) in [7, 11) is -3.34. The van der Waals surface area contributed by atoms with Crippen LogP contribution < -0.4 is 9.04 Å². The molecule has 0 unspecified atom stereocenters. The van der Waals surface area contributed by atoms with Gasteiger partial charge in [0.05, 0.1) is 11.9 Å². The zero-order valence-corrected chi connectivity index (χ0v) is 16.4. The van der Waals surface area contributed by atoms with Crippen molar-refractivity contribution < 1.29 is 17.9 Å². The van der Waals surface area contributed by atoms with Crippen molar-refractivity contribution in [2.24, 2.45) is 0 Å². The zero-order chi connectivity index (χ0) is 19.1. The Morgan fingerprint density at radius 3 is 2.65 bits per heavy atom. The van der Waals surface area contributed by atoms with Gasteiger partial charge in [0.1, 0.15) is 5.75 Å². The van der Waals surface area contributed by atoms with Crippen molar-refractivity contribution in [3.63, 3.8) is 0 Å². The summed E-state index contributed by atoms with van der Waals surface area (Å²) >= 11 is 5.92. The van der Waals surface area contributed by atoms with Crippen LogP contribution in [0.25, 0.3) is 0 Å². The van der Waals surface area contributed by atoms with E-state index in [1.54, 1.807) is 36.4 Å². The summed E-state index contributed by atoms with van der Waals surface area (Å²) in [5.74, 6) is 0.452. The Morgan fingerprint density at radius 1 is 1.27 bits per heavy atom. The molecule has 5 nitrogen and oxygen atoms in total. The minimum atomic E-state index is -3.34. The molecule has 2 aromatic rings. The van der Waals surface area contributed by atoms with Crippen molar-refractivity contribution in [3.05, 3.63) is 58.1 Å². The maximum absolute atomic E-state index is 12.5. The van der Waals surface area contributed by atoms with E-state index in [2.05, 4.69) is 0 Å². The fraction of sp³-hybridized carbons (Fsp3) is 0.316. The van der Waals surface area contributed by atoms with Crippen molar-refractivity contribution in [1.82, 2.24) is 0 Å². The van der Waals surface area contributed by atoms with Gasteiger partial charge in [-0.05, 0) is 67.8 Å². The second-order valence-corrected chi connectivity index (χ2v) is 8.87. The minimum Gasteiger partial charge on any atom is -0.485 e. The molecule has 0 N–H and O–H groups in total. The number of hydrogen-bond acceptors (Lipinski definition) is 4. The molecule has 0 fully saturated rings. The summed E-state index contributed by atoms with van der Waals surface area (Å²) in [5, 5.41) is 0.615. The van der Waals surface area contributed by atoms with E-state index in [1.165, 1.54) is 10.6 Å². The zero-order valence-electron chi connectivity index (χ0n) is 14.8. The third-order valence-electron chi connectivity index (χ3n) is 4.41. The number of rotatable bonds is 5. The molecule has 1 atom stereocenters. The quantitative estimate of drug-likeness (QED) is 0.728. The van der Waals surface area contributed by atoms with Crippen LogP contribution in [0, 0.1) is 6.92 Å². The van der Waals surface area contributed by atoms with Crippen LogP contribution in [-0.2, 0) is 16.4 Å². The van der Waals surface area contributed by atoms with Crippen molar-refractivity contribution >= 4 is 33.1 Å². The monoisotopic (exact) mass is 393 g/mol. The van der Waals surface area contributed by atoms with Crippen LogP contribution in [0.3, 0.4) is 0 Å². The molecule has 138 valence electrons. The third-order valence-corrected chi connectivity index (χ3v) is 5.91. The molecular formula is C19H20ClNO4S. The molecule has 0 bridgehead atoms. The van der Waals surface area contributed by atoms with Crippen LogP contribution in [0.5, 0.6) is 5.75 Å². The Kier molecular flexibility index (Phi) is 4.99. The van der Waals surface area contributed by atoms with E-state index in [1.807, 2.05) is 13.8 Å². The maximum atomic E-state index is 12.5. The number of fused-ring (bicyclic) bond motifs is 1. The smallest absolute Gasteiger partial charge is 0.232 e. The molecule has 3 rings (SSSR count). The Hall–Kier alpha value is -2.05. The molecule has 26 heavy (non-hydrogen) atoms. The summed E-state index contributed by atoms with van der Waals surface area (Å²) in [6, 6.07) is 10.2. The molecule has 2 aromatic carbocycles. The Balaban J connectivity index is 1.77. The van der Waals surface area contributed by atoms with Gasteiger partial charge in [-0.2, -0.15) is 0 Å². The number of Topliss-reactive ketones (excluding diaryl/α,β-unsaturated/α-hetero) is 1. The van der Waals surface area contributed by atoms with Crippen molar-refractivity contribution in [2.45, 2.75) is 26.3 Å². The lowest BCUT2D eigenvalue weighted by atomic mass is 10.0. The molecule has 0 amide bonds. The van der Waals surface area contributed by atoms with Gasteiger partial charge in [0.2, 0.25) is 10.0 Å². The number of carbonyl (C=O) groups excluding carboxylic acids is 1. The fourth-order valence-corrected chi connectivity index (χ4v) is 4.77. The van der Waals surface area contributed by atoms with Crippen LogP contribution in [0.15, 0.2) is 36.4 Å². The lowest BCUT2D eigenvalue weighted by Gasteiger charge is -2.21. The molecule has 7 heteroatoms. The number of carbonyl (C=O) groups is 1. The van der Waals surface area contributed by atoms with E-state index in [4.69, 9.17) is 16.3 Å². The minimum absolute atomic E-state index is 0.0907. The second-order valence-electron chi connectivity index (χ2n) is 6.58. The van der Waals surface area contributed by atoms with Gasteiger partial charge in [0.25, 0.3) is 0 Å². The van der Waals surface area contributed by atoms with Crippen LogP contribution in [0.4, 0.5) is 5.69 Å². The molecule has 0 spiro atoms. The van der Waals surface area contributed by atoms with Gasteiger partial charge < -0.3 is 4.74 Å². The van der Waals surface area contributed by atoms with E-state index < -0.39 is 10.0 Å². The molecule has 1 heterocycles. The molecule has 0 saturated heterocycles. The molecule has 1 aliphatic rings. The number of anilines is 1. The highest BCUT2D eigenvalue weighted by atomic mass is 35.5. The first kappa shape index (κ1) is 18.7. The van der Waals surface area contributed by atoms with E-state index in [9.17, 15) is 13.2 Å². The van der Waals surface area contributed by atoms with E-state index >= 15 is 0 Å². The SMILES string of the molecule is Cc1cc(Cl)ccc1OCC(=O)c1ccc2c(c1)C[C@@H](C)N2S(C)(=O)=O.